The molecule has 0 aliphatic carbocycles. The molecule has 122 heavy (non-hydrogen) atoms. The van der Waals surface area contributed by atoms with Gasteiger partial charge in [-0.05, 0) is 134 Å². The largest absolute Gasteiger partial charge is 0.504 e. The molecule has 0 saturated carbocycles. The minimum Gasteiger partial charge on any atom is -0.504 e. The van der Waals surface area contributed by atoms with Crippen molar-refractivity contribution < 1.29 is 223 Å². The number of hydrogen-bond donors (Lipinski definition) is 24. The van der Waals surface area contributed by atoms with Crippen LogP contribution >= 0.6 is 0 Å². The van der Waals surface area contributed by atoms with Gasteiger partial charge < -0.3 is 175 Å². The van der Waals surface area contributed by atoms with Crippen LogP contribution < -0.4 is 23.7 Å². The van der Waals surface area contributed by atoms with Gasteiger partial charge in [-0.1, -0.05) is 0 Å². The topological polar surface area (TPSA) is 758 Å². The van der Waals surface area contributed by atoms with Crippen molar-refractivity contribution in [3.8, 4) is 167 Å². The number of phenols is 24. The number of aryl methyl sites for hydroxylation is 1. The summed E-state index contributed by atoms with van der Waals surface area (Å²) in [6.45, 7) is -0.478. The number of benzene rings is 10. The summed E-state index contributed by atoms with van der Waals surface area (Å²) >= 11 is 0. The molecule has 1 aliphatic heterocycles. The van der Waals surface area contributed by atoms with Crippen LogP contribution in [-0.4, -0.2) is 220 Å². The van der Waals surface area contributed by atoms with Crippen molar-refractivity contribution in [2.75, 3.05) is 6.61 Å². The Kier molecular flexibility index (Phi) is 23.3. The highest BCUT2D eigenvalue weighted by Crippen LogP contribution is 2.47. The van der Waals surface area contributed by atoms with Gasteiger partial charge in [0.05, 0.1) is 55.6 Å². The van der Waals surface area contributed by atoms with Gasteiger partial charge in [0.25, 0.3) is 0 Å². The van der Waals surface area contributed by atoms with E-state index >= 15 is 19.2 Å². The lowest BCUT2D eigenvalue weighted by atomic mass is 9.97. The lowest BCUT2D eigenvalue weighted by Gasteiger charge is -2.43. The van der Waals surface area contributed by atoms with Gasteiger partial charge in [-0.2, -0.15) is 0 Å². The Morgan fingerprint density at radius 2 is 0.426 bits per heavy atom. The number of esters is 10. The SMILES string of the molecule is Cc1cc(C(=O)Oc2cc(C(=O)OC3O[C@H](COC(=O)c4cc(O)c(O)c(OC(=O)c5cc(O)c(O)c(O)c5)c4)C(OC(=O)c4cc(O)c(O)c(OC(=O)c5cc(O)c(O)c(O)c5)c4)[C@H](OC(=O)c4cc(O)c(O)c(OC(=O)c5cc(O)c(O)c(O)c5)c4)C3OC(=O)c3cc(O)c(O)c(OC(=O)c4cc(O)c(O)c(O)c4)c3)cc(O)c2O)cc(O)c1O. The number of carbonyl (C=O) groups is 10. The van der Waals surface area contributed by atoms with Crippen molar-refractivity contribution >= 4 is 59.7 Å². The fourth-order valence-electron chi connectivity index (χ4n) is 11.0. The van der Waals surface area contributed by atoms with Crippen LogP contribution in [0.25, 0.3) is 0 Å². The summed E-state index contributed by atoms with van der Waals surface area (Å²) in [5.74, 6) is -53.4. The fourth-order valence-corrected chi connectivity index (χ4v) is 11.0. The first kappa shape index (κ1) is 85.0. The van der Waals surface area contributed by atoms with E-state index in [1.165, 1.54) is 6.92 Å². The lowest BCUT2D eigenvalue weighted by molar-refractivity contribution is -0.282. The van der Waals surface area contributed by atoms with Crippen molar-refractivity contribution in [3.05, 3.63) is 183 Å². The monoisotopic (exact) mass is 1700 g/mol. The zero-order chi connectivity index (χ0) is 89.4. The molecule has 0 spiro atoms. The molecule has 0 bridgehead atoms. The molecular weight excluding hydrogens is 1640 g/mol. The van der Waals surface area contributed by atoms with E-state index in [-0.39, 0.29) is 5.56 Å². The van der Waals surface area contributed by atoms with Gasteiger partial charge >= 0.3 is 59.7 Å². The van der Waals surface area contributed by atoms with E-state index in [1.54, 1.807) is 0 Å². The average molecular weight is 1700 g/mol. The summed E-state index contributed by atoms with van der Waals surface area (Å²) in [5, 5.41) is 252. The van der Waals surface area contributed by atoms with Crippen LogP contribution in [0.3, 0.4) is 0 Å². The maximum atomic E-state index is 15.3. The van der Waals surface area contributed by atoms with Crippen molar-refractivity contribution in [2.24, 2.45) is 0 Å². The predicted octanol–water partition coefficient (Wildman–Crippen LogP) is 5.44. The van der Waals surface area contributed by atoms with Crippen LogP contribution in [0.1, 0.15) is 109 Å². The Hall–Kier alpha value is -17.9. The van der Waals surface area contributed by atoms with E-state index < -0.39 is 319 Å². The molecule has 10 aromatic rings. The number of aromatic hydroxyl groups is 24. The number of rotatable bonds is 21. The Balaban J connectivity index is 1.09. The molecular formula is C77H54O45. The highest BCUT2D eigenvalue weighted by molar-refractivity contribution is 6.00. The Morgan fingerprint density at radius 3 is 0.680 bits per heavy atom. The second-order valence-electron chi connectivity index (χ2n) is 25.4. The molecule has 1 aliphatic rings. The molecule has 0 radical (unpaired) electrons. The van der Waals surface area contributed by atoms with E-state index in [0.717, 1.165) is 6.07 Å². The third kappa shape index (κ3) is 17.6. The quantitative estimate of drug-likeness (QED) is 0.0184. The normalized spacial score (nSPS) is 14.6. The second-order valence-corrected chi connectivity index (χ2v) is 25.4. The summed E-state index contributed by atoms with van der Waals surface area (Å²) < 4.78 is 60.7. The van der Waals surface area contributed by atoms with Crippen molar-refractivity contribution in [3.63, 3.8) is 0 Å². The van der Waals surface area contributed by atoms with Crippen LogP contribution in [0.15, 0.2) is 121 Å². The Bertz CT molecular complexity index is 5970. The summed E-state index contributed by atoms with van der Waals surface area (Å²) in [6.07, 6.45) is -14.9. The molecule has 0 amide bonds. The molecule has 1 fully saturated rings. The summed E-state index contributed by atoms with van der Waals surface area (Å²) in [6, 6.07) is 9.42. The average Bonchev–Trinajstić information content (AvgIpc) is 0.759. The molecule has 11 rings (SSSR count). The first-order valence-electron chi connectivity index (χ1n) is 33.5. The van der Waals surface area contributed by atoms with E-state index in [0.29, 0.717) is 115 Å². The third-order valence-electron chi connectivity index (χ3n) is 17.1. The second kappa shape index (κ2) is 33.5. The molecule has 632 valence electrons. The number of phenolic OH excluding ortho intramolecular Hbond substituents is 24. The van der Waals surface area contributed by atoms with Crippen molar-refractivity contribution in [2.45, 2.75) is 37.6 Å². The zero-order valence-electron chi connectivity index (χ0n) is 60.4. The van der Waals surface area contributed by atoms with E-state index in [1.807, 2.05) is 0 Å². The van der Waals surface area contributed by atoms with E-state index in [9.17, 15) is 151 Å². The van der Waals surface area contributed by atoms with Crippen LogP contribution in [-0.2, 0) is 28.4 Å². The maximum Gasteiger partial charge on any atom is 0.343 e. The highest BCUT2D eigenvalue weighted by atomic mass is 16.8. The standard InChI is InChI=1S/C77H54O45/c1-23-2-24(3-34(78)54(23)92)68(103)113-52-21-33(16-47(91)63(52)101)76(111)122-77-66(121-75(110)32-15-46(90)62(100)51(20-32)117-72(107)28-10-41(85)58(96)42(86)11-28)65(120-74(109)31-14-45(89)61(99)50(19-31)116-71(106)27-8-39(83)57(95)40(84)9-27)64(119-73(108)30-13-44(88)60(98)49(18-30)115-70(105)26-6-37(81)56(94)38(82)7-26)53(118-77)22-112-67(102)29-12-43(87)59(97)48(17-29)114-69(104)25-4-35(79)55(93)36(80)5-25/h2-21,53,64-66,77-101H,22H2,1H3/t53-,64?,65+,66?,77?/m1/s1. The van der Waals surface area contributed by atoms with Crippen LogP contribution in [0.4, 0.5) is 0 Å². The Morgan fingerprint density at radius 1 is 0.230 bits per heavy atom. The van der Waals surface area contributed by atoms with Gasteiger partial charge in [0.15, 0.2) is 150 Å². The molecule has 3 unspecified atom stereocenters. The number of carbonyl (C=O) groups excluding carboxylic acids is 10. The van der Waals surface area contributed by atoms with Gasteiger partial charge in [0.1, 0.15) is 12.7 Å². The molecule has 1 saturated heterocycles. The van der Waals surface area contributed by atoms with Gasteiger partial charge in [-0.3, -0.25) is 0 Å². The van der Waals surface area contributed by atoms with Crippen LogP contribution in [0, 0.1) is 6.92 Å². The van der Waals surface area contributed by atoms with Gasteiger partial charge in [0.2, 0.25) is 41.1 Å². The first-order valence-corrected chi connectivity index (χ1v) is 33.5. The van der Waals surface area contributed by atoms with Crippen LogP contribution in [0.2, 0.25) is 0 Å². The third-order valence-corrected chi connectivity index (χ3v) is 17.1. The first-order chi connectivity index (χ1) is 57.4. The zero-order valence-corrected chi connectivity index (χ0v) is 60.4. The molecule has 45 nitrogen and oxygen atoms in total. The molecule has 24 N–H and O–H groups in total. The van der Waals surface area contributed by atoms with Gasteiger partial charge in [-0.15, -0.1) is 0 Å². The molecule has 10 aromatic carbocycles. The Labute approximate surface area is 673 Å². The summed E-state index contributed by atoms with van der Waals surface area (Å²) in [5.41, 5.74) is -9.64. The van der Waals surface area contributed by atoms with Crippen molar-refractivity contribution in [1.29, 1.82) is 0 Å². The molecule has 0 aromatic heterocycles. The molecule has 5 atom stereocenters. The van der Waals surface area contributed by atoms with Gasteiger partial charge in [-0.25, -0.2) is 47.9 Å². The minimum atomic E-state index is -3.09. The predicted molar refractivity (Wildman–Crippen MR) is 386 cm³/mol. The molecule has 1 heterocycles. The van der Waals surface area contributed by atoms with Crippen molar-refractivity contribution in [1.82, 2.24) is 0 Å². The van der Waals surface area contributed by atoms with E-state index in [2.05, 4.69) is 0 Å². The van der Waals surface area contributed by atoms with Gasteiger partial charge in [0, 0.05) is 0 Å². The maximum absolute atomic E-state index is 15.3. The minimum absolute atomic E-state index is 0.140. The summed E-state index contributed by atoms with van der Waals surface area (Å²) in [4.78, 5) is 143. The number of ether oxygens (including phenoxy) is 11. The molecule has 45 heteroatoms. The fraction of sp³-hybridized carbons (Fsp3) is 0.0909. The van der Waals surface area contributed by atoms with Crippen LogP contribution in [0.5, 0.6) is 167 Å². The smallest absolute Gasteiger partial charge is 0.343 e. The highest BCUT2D eigenvalue weighted by Gasteiger charge is 2.55. The van der Waals surface area contributed by atoms with E-state index in [4.69, 9.17) is 52.1 Å². The lowest BCUT2D eigenvalue weighted by Crippen LogP contribution is -2.63. The summed E-state index contributed by atoms with van der Waals surface area (Å²) in [7, 11) is 0. The number of hydrogen-bond acceptors (Lipinski definition) is 45.